The van der Waals surface area contributed by atoms with Gasteiger partial charge in [0.05, 0.1) is 0 Å². The van der Waals surface area contributed by atoms with Crippen LogP contribution in [0.15, 0.2) is 51.6 Å². The predicted molar refractivity (Wildman–Crippen MR) is 117 cm³/mol. The number of benzene rings is 1. The van der Waals surface area contributed by atoms with Crippen LogP contribution in [-0.2, 0) is 14.0 Å². The molecule has 1 aromatic rings. The standard InChI is InChI=1S/C9H7.C8H13Si.2CH3.2ClH.H2Si.Ti/c1-2-5-9-7-3-6-8(9)4-1;1-9(2,3)8-6-4-5-7-8;;;;;;/h1-7H;4,6H,5H2,1-3H3;2*1H3;2*1H;1H2;. The molecule has 2 aliphatic rings. The normalized spacial score (nSPS) is 19.8. The average Bonchev–Trinajstić information content (AvgIpc) is 3.05. The molecule has 0 heterocycles. The Morgan fingerprint density at radius 1 is 1.04 bits per heavy atom. The smallest absolute Gasteiger partial charge is 0.147 e. The van der Waals surface area contributed by atoms with Crippen molar-refractivity contribution in [3.05, 3.63) is 62.7 Å². The van der Waals surface area contributed by atoms with E-state index in [0.717, 1.165) is 0 Å². The van der Waals surface area contributed by atoms with Crippen LogP contribution < -0.4 is 0 Å². The summed E-state index contributed by atoms with van der Waals surface area (Å²) in [5.41, 5.74) is 3.02. The van der Waals surface area contributed by atoms with Crippen LogP contribution in [0.25, 0.3) is 6.08 Å². The fourth-order valence-corrected chi connectivity index (χ4v) is 19.3. The van der Waals surface area contributed by atoms with Crippen LogP contribution in [0.4, 0.5) is 0 Å². The number of hydrogen-bond acceptors (Lipinski definition) is 0. The third kappa shape index (κ3) is 3.65. The molecular formula is C19H30Cl2Si2Ti. The van der Waals surface area contributed by atoms with Gasteiger partial charge in [-0.15, -0.1) is 24.8 Å². The summed E-state index contributed by atoms with van der Waals surface area (Å²) in [4.78, 5) is 0. The van der Waals surface area contributed by atoms with E-state index in [-0.39, 0.29) is 24.8 Å². The van der Waals surface area contributed by atoms with E-state index < -0.39 is 22.1 Å². The van der Waals surface area contributed by atoms with Crippen LogP contribution in [-0.4, -0.2) is 15.7 Å². The number of allylic oxidation sites excluding steroid dienone is 5. The first-order valence-electron chi connectivity index (χ1n) is 8.35. The molecule has 1 aromatic carbocycles. The fraction of sp³-hybridized carbons (Fsp3) is 0.368. The van der Waals surface area contributed by atoms with Crippen molar-refractivity contribution in [1.29, 1.82) is 0 Å². The molecule has 24 heavy (non-hydrogen) atoms. The fourth-order valence-electron chi connectivity index (χ4n) is 4.23. The largest absolute Gasteiger partial charge is 0.147 e. The van der Waals surface area contributed by atoms with Gasteiger partial charge in [-0.05, 0) is 0 Å². The van der Waals surface area contributed by atoms with Gasteiger partial charge in [0.2, 0.25) is 0 Å². The molecule has 0 amide bonds. The molecule has 0 aliphatic heterocycles. The van der Waals surface area contributed by atoms with Gasteiger partial charge in [-0.3, -0.25) is 0 Å². The molecule has 0 radical (unpaired) electrons. The summed E-state index contributed by atoms with van der Waals surface area (Å²) in [5.74, 6) is 0. The summed E-state index contributed by atoms with van der Waals surface area (Å²) in [6.07, 6.45) is 11.0. The van der Waals surface area contributed by atoms with Gasteiger partial charge in [-0.2, -0.15) is 0 Å². The van der Waals surface area contributed by atoms with Crippen molar-refractivity contribution in [2.45, 2.75) is 40.7 Å². The summed E-state index contributed by atoms with van der Waals surface area (Å²) >= 11 is -2.77. The first-order valence-corrected chi connectivity index (χ1v) is 20.7. The van der Waals surface area contributed by atoms with Crippen LogP contribution in [0.1, 0.15) is 21.8 Å². The van der Waals surface area contributed by atoms with Gasteiger partial charge in [-0.25, -0.2) is 0 Å². The molecule has 2 aliphatic carbocycles. The summed E-state index contributed by atoms with van der Waals surface area (Å²) < 4.78 is 2.52. The van der Waals surface area contributed by atoms with Crippen molar-refractivity contribution in [2.24, 2.45) is 0 Å². The zero-order valence-corrected chi connectivity index (χ0v) is 21.0. The monoisotopic (exact) mass is 432 g/mol. The van der Waals surface area contributed by atoms with Crippen LogP contribution in [0.2, 0.25) is 30.1 Å². The van der Waals surface area contributed by atoms with Crippen LogP contribution in [0.3, 0.4) is 0 Å². The van der Waals surface area contributed by atoms with Crippen LogP contribution in [0.5, 0.6) is 0 Å². The average molecular weight is 433 g/mol. The number of halogens is 2. The molecule has 0 nitrogen and oxygen atoms in total. The van der Waals surface area contributed by atoms with E-state index in [0.29, 0.717) is 4.22 Å². The molecule has 132 valence electrons. The maximum atomic E-state index is 2.66. The molecule has 0 saturated heterocycles. The number of fused-ring (bicyclic) bond motifs is 1. The van der Waals surface area contributed by atoms with Crippen molar-refractivity contribution in [3.63, 3.8) is 0 Å². The Bertz CT molecular complexity index is 792. The van der Waals surface area contributed by atoms with Crippen molar-refractivity contribution in [3.8, 4) is 0 Å². The molecule has 3 rings (SSSR count). The van der Waals surface area contributed by atoms with E-state index in [1.807, 2.05) is 3.88 Å². The Morgan fingerprint density at radius 3 is 2.29 bits per heavy atom. The van der Waals surface area contributed by atoms with Gasteiger partial charge in [0, 0.05) is 0 Å². The van der Waals surface area contributed by atoms with E-state index in [2.05, 4.69) is 86.3 Å². The van der Waals surface area contributed by atoms with E-state index in [9.17, 15) is 0 Å². The quantitative estimate of drug-likeness (QED) is 0.511. The summed E-state index contributed by atoms with van der Waals surface area (Å²) in [7, 11) is 1.12. The van der Waals surface area contributed by atoms with Crippen molar-refractivity contribution in [1.82, 2.24) is 0 Å². The molecule has 0 aromatic heterocycles. The summed E-state index contributed by atoms with van der Waals surface area (Å²) in [6.45, 7) is 7.51. The second kappa shape index (κ2) is 7.06. The van der Waals surface area contributed by atoms with E-state index >= 15 is 0 Å². The van der Waals surface area contributed by atoms with E-state index in [1.165, 1.54) is 12.0 Å². The summed E-state index contributed by atoms with van der Waals surface area (Å²) in [5, 5.41) is 7.08. The predicted octanol–water partition coefficient (Wildman–Crippen LogP) is 6.02. The van der Waals surface area contributed by atoms with Crippen molar-refractivity contribution < 1.29 is 14.0 Å². The topological polar surface area (TPSA) is 0 Å². The zero-order chi connectivity index (χ0) is 16.2. The molecular weight excluding hydrogens is 403 g/mol. The van der Waals surface area contributed by atoms with E-state index in [4.69, 9.17) is 0 Å². The molecule has 1 atom stereocenters. The van der Waals surface area contributed by atoms with Crippen molar-refractivity contribution in [2.75, 3.05) is 0 Å². The number of rotatable bonds is 3. The van der Waals surface area contributed by atoms with E-state index in [1.54, 1.807) is 10.8 Å². The second-order valence-electron chi connectivity index (χ2n) is 9.02. The zero-order valence-electron chi connectivity index (χ0n) is 15.4. The third-order valence-corrected chi connectivity index (χ3v) is 19.3. The molecule has 1 unspecified atom stereocenters. The minimum atomic E-state index is -2.77. The molecule has 0 spiro atoms. The molecule has 0 fully saturated rings. The van der Waals surface area contributed by atoms with Gasteiger partial charge in [0.1, 0.15) is 0 Å². The maximum Gasteiger partial charge on any atom is -0.147 e. The number of hydrogen-bond donors (Lipinski definition) is 0. The van der Waals surface area contributed by atoms with Crippen LogP contribution >= 0.6 is 24.8 Å². The van der Waals surface area contributed by atoms with Gasteiger partial charge in [0.15, 0.2) is 0 Å². The molecule has 0 bridgehead atoms. The minimum absolute atomic E-state index is 0. The van der Waals surface area contributed by atoms with Gasteiger partial charge in [0.25, 0.3) is 0 Å². The molecule has 5 heteroatoms. The first-order chi connectivity index (χ1) is 10.1. The maximum absolute atomic E-state index is 2.77. The van der Waals surface area contributed by atoms with Crippen LogP contribution in [0, 0.1) is 0 Å². The van der Waals surface area contributed by atoms with Crippen molar-refractivity contribution >= 4 is 46.6 Å². The SMILES string of the molecule is C[Si](C)(C)C1=[C]([Ti]([CH3])([CH3])(=[SiH2])[CH]2C=Cc3ccccc32)CC=C1.Cl.Cl. The third-order valence-electron chi connectivity index (χ3n) is 5.53. The Hall–Kier alpha value is 0.168. The van der Waals surface area contributed by atoms with Gasteiger partial charge in [-0.1, -0.05) is 0 Å². The first kappa shape index (κ1) is 22.2. The Morgan fingerprint density at radius 2 is 1.67 bits per heavy atom. The minimum Gasteiger partial charge on any atom is -0.147 e. The second-order valence-corrected chi connectivity index (χ2v) is 33.7. The van der Waals surface area contributed by atoms with Gasteiger partial charge >= 0.3 is 139 Å². The Balaban J connectivity index is 0.00000144. The Labute approximate surface area is 163 Å². The van der Waals surface area contributed by atoms with Gasteiger partial charge < -0.3 is 0 Å². The molecule has 0 N–H and O–H groups in total. The molecule has 0 saturated carbocycles. The Kier molecular flexibility index (Phi) is 6.53. The summed E-state index contributed by atoms with van der Waals surface area (Å²) in [6, 6.07) is 9.02.